The van der Waals surface area contributed by atoms with Crippen LogP contribution < -0.4 is 10.6 Å². The minimum Gasteiger partial charge on any atom is -0.389 e. The highest BCUT2D eigenvalue weighted by Crippen LogP contribution is 2.31. The van der Waals surface area contributed by atoms with Gasteiger partial charge >= 0.3 is 0 Å². The number of halogens is 1. The Morgan fingerprint density at radius 2 is 2.05 bits per heavy atom. The van der Waals surface area contributed by atoms with E-state index >= 15 is 0 Å². The second-order valence-corrected chi connectivity index (χ2v) is 6.45. The van der Waals surface area contributed by atoms with Gasteiger partial charge < -0.3 is 15.7 Å². The number of carbonyl (C=O) groups excluding carboxylic acids is 1. The van der Waals surface area contributed by atoms with E-state index in [4.69, 9.17) is 11.6 Å². The lowest BCUT2D eigenvalue weighted by molar-refractivity contribution is -0.115. The molecule has 2 rings (SSSR count). The molecule has 1 saturated carbocycles. The lowest BCUT2D eigenvalue weighted by atomic mass is 9.79. The Balaban J connectivity index is 1.73. The number of hydrogen-bond donors (Lipinski definition) is 3. The lowest BCUT2D eigenvalue weighted by Gasteiger charge is -2.35. The molecule has 1 aromatic rings. The van der Waals surface area contributed by atoms with Gasteiger partial charge in [-0.15, -0.1) is 0 Å². The van der Waals surface area contributed by atoms with Crippen molar-refractivity contribution >= 4 is 23.2 Å². The van der Waals surface area contributed by atoms with E-state index in [0.29, 0.717) is 23.2 Å². The van der Waals surface area contributed by atoms with Crippen LogP contribution in [-0.4, -0.2) is 29.7 Å². The molecule has 1 fully saturated rings. The van der Waals surface area contributed by atoms with Crippen molar-refractivity contribution in [3.05, 3.63) is 29.3 Å². The first-order chi connectivity index (χ1) is 9.98. The second kappa shape index (κ2) is 7.25. The fraction of sp³-hybridized carbons (Fsp3) is 0.562. The molecule has 0 saturated heterocycles. The van der Waals surface area contributed by atoms with E-state index in [0.717, 1.165) is 25.7 Å². The number of rotatable bonds is 5. The van der Waals surface area contributed by atoms with Crippen molar-refractivity contribution in [2.75, 3.05) is 18.4 Å². The molecule has 1 aromatic carbocycles. The molecule has 1 aliphatic carbocycles. The van der Waals surface area contributed by atoms with Gasteiger partial charge in [-0.2, -0.15) is 0 Å². The predicted molar refractivity (Wildman–Crippen MR) is 85.5 cm³/mol. The van der Waals surface area contributed by atoms with Crippen LogP contribution in [0.1, 0.15) is 32.6 Å². The van der Waals surface area contributed by atoms with Gasteiger partial charge in [0.15, 0.2) is 0 Å². The molecular weight excluding hydrogens is 288 g/mol. The summed E-state index contributed by atoms with van der Waals surface area (Å²) in [7, 11) is 0. The van der Waals surface area contributed by atoms with Crippen LogP contribution in [0.2, 0.25) is 5.02 Å². The number of aliphatic hydroxyl groups is 1. The van der Waals surface area contributed by atoms with Gasteiger partial charge in [0.2, 0.25) is 5.91 Å². The van der Waals surface area contributed by atoms with Gasteiger partial charge in [-0.25, -0.2) is 0 Å². The van der Waals surface area contributed by atoms with Crippen LogP contribution >= 0.6 is 11.6 Å². The fourth-order valence-electron chi connectivity index (χ4n) is 2.64. The van der Waals surface area contributed by atoms with Crippen LogP contribution in [0.4, 0.5) is 5.69 Å². The first kappa shape index (κ1) is 16.3. The summed E-state index contributed by atoms with van der Waals surface area (Å²) in [4.78, 5) is 11.8. The topological polar surface area (TPSA) is 61.4 Å². The number of para-hydroxylation sites is 1. The van der Waals surface area contributed by atoms with Crippen LogP contribution in [0.3, 0.4) is 0 Å². The second-order valence-electron chi connectivity index (χ2n) is 6.04. The molecule has 0 spiro atoms. The molecule has 0 heterocycles. The summed E-state index contributed by atoms with van der Waals surface area (Å²) in [5.74, 6) is 0.532. The van der Waals surface area contributed by atoms with E-state index in [1.165, 1.54) is 0 Å². The largest absolute Gasteiger partial charge is 0.389 e. The first-order valence-corrected chi connectivity index (χ1v) is 7.84. The van der Waals surface area contributed by atoms with E-state index in [2.05, 4.69) is 17.6 Å². The summed E-state index contributed by atoms with van der Waals surface area (Å²) in [5, 5.41) is 16.7. The van der Waals surface area contributed by atoms with Gasteiger partial charge in [0.1, 0.15) is 0 Å². The van der Waals surface area contributed by atoms with Gasteiger partial charge in [-0.1, -0.05) is 30.7 Å². The maximum atomic E-state index is 11.8. The molecule has 1 aliphatic rings. The molecule has 0 aliphatic heterocycles. The number of benzene rings is 1. The SMILES string of the molecule is CC1CCC(O)(CNCC(=O)Nc2ccccc2Cl)CC1. The average Bonchev–Trinajstić information content (AvgIpc) is 2.45. The summed E-state index contributed by atoms with van der Waals surface area (Å²) >= 11 is 5.98. The van der Waals surface area contributed by atoms with E-state index in [1.54, 1.807) is 12.1 Å². The molecule has 21 heavy (non-hydrogen) atoms. The zero-order chi connectivity index (χ0) is 15.3. The van der Waals surface area contributed by atoms with Gasteiger partial charge in [-0.3, -0.25) is 4.79 Å². The quantitative estimate of drug-likeness (QED) is 0.783. The Hall–Kier alpha value is -1.10. The van der Waals surface area contributed by atoms with Crippen molar-refractivity contribution in [1.82, 2.24) is 5.32 Å². The Bertz CT molecular complexity index is 485. The molecule has 3 N–H and O–H groups in total. The third-order valence-corrected chi connectivity index (χ3v) is 4.42. The van der Waals surface area contributed by atoms with E-state index in [-0.39, 0.29) is 12.5 Å². The molecule has 0 aromatic heterocycles. The van der Waals surface area contributed by atoms with Crippen LogP contribution in [0.15, 0.2) is 24.3 Å². The molecule has 0 unspecified atom stereocenters. The predicted octanol–water partition coefficient (Wildman–Crippen LogP) is 2.81. The number of amides is 1. The highest BCUT2D eigenvalue weighted by Gasteiger charge is 2.31. The maximum Gasteiger partial charge on any atom is 0.238 e. The van der Waals surface area contributed by atoms with Crippen LogP contribution in [0, 0.1) is 5.92 Å². The van der Waals surface area contributed by atoms with Crippen LogP contribution in [0.25, 0.3) is 0 Å². The summed E-state index contributed by atoms with van der Waals surface area (Å²) in [6.07, 6.45) is 3.69. The maximum absolute atomic E-state index is 11.8. The summed E-state index contributed by atoms with van der Waals surface area (Å²) in [6, 6.07) is 7.13. The fourth-order valence-corrected chi connectivity index (χ4v) is 2.82. The lowest BCUT2D eigenvalue weighted by Crippen LogP contribution is -2.45. The van der Waals surface area contributed by atoms with Crippen molar-refractivity contribution < 1.29 is 9.90 Å². The number of hydrogen-bond acceptors (Lipinski definition) is 3. The van der Waals surface area contributed by atoms with Gasteiger partial charge in [0, 0.05) is 6.54 Å². The molecule has 0 atom stereocenters. The molecule has 0 bridgehead atoms. The average molecular weight is 311 g/mol. The van der Waals surface area contributed by atoms with Crippen molar-refractivity contribution in [1.29, 1.82) is 0 Å². The standard InChI is InChI=1S/C16H23ClN2O2/c1-12-6-8-16(21,9-7-12)11-18-10-15(20)19-14-5-3-2-4-13(14)17/h2-5,12,18,21H,6-11H2,1H3,(H,19,20). The smallest absolute Gasteiger partial charge is 0.238 e. The zero-order valence-electron chi connectivity index (χ0n) is 12.4. The minimum atomic E-state index is -0.669. The summed E-state index contributed by atoms with van der Waals surface area (Å²) < 4.78 is 0. The Kier molecular flexibility index (Phi) is 5.62. The third kappa shape index (κ3) is 4.99. The summed E-state index contributed by atoms with van der Waals surface area (Å²) in [5.41, 5.74) is -0.0619. The first-order valence-electron chi connectivity index (χ1n) is 7.46. The minimum absolute atomic E-state index is 0.157. The molecular formula is C16H23ClN2O2. The molecule has 5 heteroatoms. The molecule has 1 amide bonds. The Labute approximate surface area is 130 Å². The zero-order valence-corrected chi connectivity index (χ0v) is 13.1. The van der Waals surface area contributed by atoms with Crippen molar-refractivity contribution in [2.24, 2.45) is 5.92 Å². The normalized spacial score (nSPS) is 25.6. The van der Waals surface area contributed by atoms with E-state index in [9.17, 15) is 9.90 Å². The molecule has 4 nitrogen and oxygen atoms in total. The Morgan fingerprint density at radius 1 is 1.38 bits per heavy atom. The summed E-state index contributed by atoms with van der Waals surface area (Å²) in [6.45, 7) is 2.84. The molecule has 0 radical (unpaired) electrons. The van der Waals surface area contributed by atoms with Gasteiger partial charge in [0.25, 0.3) is 0 Å². The number of carbonyl (C=O) groups is 1. The van der Waals surface area contributed by atoms with E-state index in [1.807, 2.05) is 12.1 Å². The highest BCUT2D eigenvalue weighted by molar-refractivity contribution is 6.33. The monoisotopic (exact) mass is 310 g/mol. The van der Waals surface area contributed by atoms with Crippen molar-refractivity contribution in [3.63, 3.8) is 0 Å². The van der Waals surface area contributed by atoms with Crippen molar-refractivity contribution in [3.8, 4) is 0 Å². The van der Waals surface area contributed by atoms with Crippen molar-refractivity contribution in [2.45, 2.75) is 38.2 Å². The van der Waals surface area contributed by atoms with Gasteiger partial charge in [-0.05, 0) is 43.7 Å². The van der Waals surface area contributed by atoms with Gasteiger partial charge in [0.05, 0.1) is 22.9 Å². The van der Waals surface area contributed by atoms with E-state index < -0.39 is 5.60 Å². The Morgan fingerprint density at radius 3 is 2.71 bits per heavy atom. The number of anilines is 1. The third-order valence-electron chi connectivity index (χ3n) is 4.09. The number of nitrogens with one attached hydrogen (secondary N) is 2. The molecule has 116 valence electrons. The highest BCUT2D eigenvalue weighted by atomic mass is 35.5. The van der Waals surface area contributed by atoms with Crippen LogP contribution in [-0.2, 0) is 4.79 Å². The van der Waals surface area contributed by atoms with Crippen LogP contribution in [0.5, 0.6) is 0 Å².